The van der Waals surface area contributed by atoms with Crippen molar-refractivity contribution in [1.29, 1.82) is 0 Å². The second kappa shape index (κ2) is 6.18. The summed E-state index contributed by atoms with van der Waals surface area (Å²) in [6.45, 7) is 0.265. The van der Waals surface area contributed by atoms with Crippen LogP contribution in [-0.2, 0) is 11.3 Å². The van der Waals surface area contributed by atoms with Gasteiger partial charge in [-0.15, -0.1) is 0 Å². The molecule has 19 heavy (non-hydrogen) atoms. The zero-order valence-corrected chi connectivity index (χ0v) is 12.3. The van der Waals surface area contributed by atoms with Crippen LogP contribution in [0.5, 0.6) is 0 Å². The molecule has 0 aliphatic carbocycles. The zero-order chi connectivity index (χ0) is 13.8. The average Bonchev–Trinajstić information content (AvgIpc) is 2.84. The lowest BCUT2D eigenvalue weighted by atomic mass is 10.3. The van der Waals surface area contributed by atoms with Crippen LogP contribution >= 0.6 is 27.5 Å². The van der Waals surface area contributed by atoms with Gasteiger partial charge >= 0.3 is 0 Å². The van der Waals surface area contributed by atoms with E-state index in [-0.39, 0.29) is 18.2 Å². The summed E-state index contributed by atoms with van der Waals surface area (Å²) in [7, 11) is 1.53. The van der Waals surface area contributed by atoms with Crippen LogP contribution in [0.25, 0.3) is 0 Å². The molecule has 1 N–H and O–H groups in total. The first-order valence-electron chi connectivity index (χ1n) is 5.31. The smallest absolute Gasteiger partial charge is 0.277 e. The molecule has 2 aromatic rings. The van der Waals surface area contributed by atoms with Crippen LogP contribution < -0.4 is 5.32 Å². The highest BCUT2D eigenvalue weighted by atomic mass is 79.9. The molecule has 0 unspecified atom stereocenters. The van der Waals surface area contributed by atoms with E-state index in [4.69, 9.17) is 20.9 Å². The number of benzene rings is 1. The Hall–Kier alpha value is -1.37. The lowest BCUT2D eigenvalue weighted by Crippen LogP contribution is -2.12. The van der Waals surface area contributed by atoms with E-state index >= 15 is 0 Å². The van der Waals surface area contributed by atoms with Crippen LogP contribution in [0.1, 0.15) is 16.2 Å². The molecule has 1 aromatic carbocycles. The monoisotopic (exact) mass is 344 g/mol. The summed E-state index contributed by atoms with van der Waals surface area (Å²) < 4.78 is 10.4. The Morgan fingerprint density at radius 2 is 2.37 bits per heavy atom. The Labute approximate surface area is 123 Å². The maximum Gasteiger partial charge on any atom is 0.277 e. The quantitative estimate of drug-likeness (QED) is 0.921. The summed E-state index contributed by atoms with van der Waals surface area (Å²) in [5, 5.41) is 6.87. The Kier molecular flexibility index (Phi) is 4.57. The third kappa shape index (κ3) is 3.34. The first-order chi connectivity index (χ1) is 9.11. The maximum absolute atomic E-state index is 12.0. The van der Waals surface area contributed by atoms with Gasteiger partial charge in [0.25, 0.3) is 5.91 Å². The van der Waals surface area contributed by atoms with E-state index in [9.17, 15) is 4.79 Å². The SMILES string of the molecule is COCc1cc(C(=O)Nc2cccc(Cl)c2Br)no1. The number of hydrogen-bond acceptors (Lipinski definition) is 4. The number of anilines is 1. The highest BCUT2D eigenvalue weighted by molar-refractivity contribution is 9.10. The molecular weight excluding hydrogens is 336 g/mol. The van der Waals surface area contributed by atoms with Gasteiger partial charge in [0.1, 0.15) is 6.61 Å². The van der Waals surface area contributed by atoms with Crippen LogP contribution in [0.2, 0.25) is 5.02 Å². The fourth-order valence-electron chi connectivity index (χ4n) is 1.42. The number of nitrogens with one attached hydrogen (secondary N) is 1. The number of ether oxygens (including phenoxy) is 1. The van der Waals surface area contributed by atoms with Crippen molar-refractivity contribution in [3.05, 3.63) is 45.2 Å². The summed E-state index contributed by atoms with van der Waals surface area (Å²) in [6, 6.07) is 6.71. The van der Waals surface area contributed by atoms with Crippen molar-refractivity contribution in [3.63, 3.8) is 0 Å². The zero-order valence-electron chi connectivity index (χ0n) is 9.94. The minimum atomic E-state index is -0.380. The second-order valence-electron chi connectivity index (χ2n) is 3.67. The summed E-state index contributed by atoms with van der Waals surface area (Å²) in [4.78, 5) is 12.0. The molecule has 5 nitrogen and oxygen atoms in total. The highest BCUT2D eigenvalue weighted by Gasteiger charge is 2.14. The summed E-state index contributed by atoms with van der Waals surface area (Å²) in [5.41, 5.74) is 0.743. The van der Waals surface area contributed by atoms with Gasteiger partial charge in [-0.3, -0.25) is 4.79 Å². The van der Waals surface area contributed by atoms with Crippen molar-refractivity contribution >= 4 is 39.1 Å². The fraction of sp³-hybridized carbons (Fsp3) is 0.167. The van der Waals surface area contributed by atoms with Crippen LogP contribution in [0.15, 0.2) is 33.3 Å². The van der Waals surface area contributed by atoms with Crippen molar-refractivity contribution in [2.45, 2.75) is 6.61 Å². The standard InChI is InChI=1S/C12H10BrClN2O3/c1-18-6-7-5-10(16-19-7)12(17)15-9-4-2-3-8(14)11(9)13/h2-5H,6H2,1H3,(H,15,17). The molecule has 0 bridgehead atoms. The first-order valence-corrected chi connectivity index (χ1v) is 6.49. The molecule has 0 saturated heterocycles. The molecule has 7 heteroatoms. The largest absolute Gasteiger partial charge is 0.377 e. The van der Waals surface area contributed by atoms with Crippen molar-refractivity contribution in [3.8, 4) is 0 Å². The minimum Gasteiger partial charge on any atom is -0.377 e. The van der Waals surface area contributed by atoms with E-state index in [1.165, 1.54) is 13.2 Å². The molecule has 0 atom stereocenters. The molecule has 0 fully saturated rings. The predicted octanol–water partition coefficient (Wildman–Crippen LogP) is 3.49. The van der Waals surface area contributed by atoms with Gasteiger partial charge in [0.15, 0.2) is 11.5 Å². The Balaban J connectivity index is 2.14. The summed E-state index contributed by atoms with van der Waals surface area (Å²) >= 11 is 9.24. The van der Waals surface area contributed by atoms with Gasteiger partial charge in [-0.2, -0.15) is 0 Å². The van der Waals surface area contributed by atoms with E-state index in [0.29, 0.717) is 20.9 Å². The van der Waals surface area contributed by atoms with Crippen LogP contribution in [-0.4, -0.2) is 18.2 Å². The van der Waals surface area contributed by atoms with Gasteiger partial charge in [0, 0.05) is 13.2 Å². The van der Waals surface area contributed by atoms with Gasteiger partial charge < -0.3 is 14.6 Å². The molecule has 1 amide bonds. The maximum atomic E-state index is 12.0. The topological polar surface area (TPSA) is 64.4 Å². The minimum absolute atomic E-state index is 0.180. The van der Waals surface area contributed by atoms with Gasteiger partial charge in [-0.05, 0) is 28.1 Å². The number of hydrogen-bond donors (Lipinski definition) is 1. The number of nitrogens with zero attached hydrogens (tertiary/aromatic N) is 1. The van der Waals surface area contributed by atoms with Crippen LogP contribution in [0.3, 0.4) is 0 Å². The lowest BCUT2D eigenvalue weighted by Gasteiger charge is -2.06. The second-order valence-corrected chi connectivity index (χ2v) is 4.87. The molecular formula is C12H10BrClN2O3. The Bertz CT molecular complexity index is 600. The van der Waals surface area contributed by atoms with E-state index in [1.807, 2.05) is 0 Å². The average molecular weight is 346 g/mol. The lowest BCUT2D eigenvalue weighted by molar-refractivity contribution is 0.101. The first kappa shape index (κ1) is 14.0. The van der Waals surface area contributed by atoms with E-state index in [2.05, 4.69) is 26.4 Å². The van der Waals surface area contributed by atoms with Gasteiger partial charge in [-0.1, -0.05) is 22.8 Å². The van der Waals surface area contributed by atoms with Crippen molar-refractivity contribution in [2.75, 3.05) is 12.4 Å². The molecule has 0 spiro atoms. The fourth-order valence-corrected chi connectivity index (χ4v) is 1.95. The highest BCUT2D eigenvalue weighted by Crippen LogP contribution is 2.30. The van der Waals surface area contributed by atoms with E-state index < -0.39 is 0 Å². The number of halogens is 2. The van der Waals surface area contributed by atoms with Crippen molar-refractivity contribution in [2.24, 2.45) is 0 Å². The Morgan fingerprint density at radius 1 is 1.58 bits per heavy atom. The number of aromatic nitrogens is 1. The molecule has 2 rings (SSSR count). The summed E-state index contributed by atoms with van der Waals surface area (Å²) in [6.07, 6.45) is 0. The van der Waals surface area contributed by atoms with Gasteiger partial charge in [-0.25, -0.2) is 0 Å². The van der Waals surface area contributed by atoms with Gasteiger partial charge in [0.2, 0.25) is 0 Å². The third-order valence-corrected chi connectivity index (χ3v) is 3.68. The number of amides is 1. The Morgan fingerprint density at radius 3 is 3.11 bits per heavy atom. The van der Waals surface area contributed by atoms with Crippen molar-refractivity contribution in [1.82, 2.24) is 5.16 Å². The number of carbonyl (C=O) groups is 1. The summed E-state index contributed by atoms with van der Waals surface area (Å²) in [5.74, 6) is 0.104. The molecule has 0 aliphatic heterocycles. The van der Waals surface area contributed by atoms with Gasteiger partial charge in [0.05, 0.1) is 15.2 Å². The number of rotatable bonds is 4. The number of methoxy groups -OCH3 is 1. The molecule has 0 aliphatic rings. The molecule has 0 saturated carbocycles. The van der Waals surface area contributed by atoms with E-state index in [1.54, 1.807) is 18.2 Å². The molecule has 100 valence electrons. The number of carbonyl (C=O) groups excluding carboxylic acids is 1. The van der Waals surface area contributed by atoms with E-state index in [0.717, 1.165) is 0 Å². The van der Waals surface area contributed by atoms with Crippen molar-refractivity contribution < 1.29 is 14.1 Å². The van der Waals surface area contributed by atoms with Crippen LogP contribution in [0, 0.1) is 0 Å². The molecule has 1 heterocycles. The predicted molar refractivity (Wildman–Crippen MR) is 74.3 cm³/mol. The third-order valence-electron chi connectivity index (χ3n) is 2.28. The molecule has 1 aromatic heterocycles. The molecule has 0 radical (unpaired) electrons. The van der Waals surface area contributed by atoms with Crippen LogP contribution in [0.4, 0.5) is 5.69 Å². The normalized spacial score (nSPS) is 10.5.